The third-order valence-corrected chi connectivity index (χ3v) is 10.3. The van der Waals surface area contributed by atoms with Crippen molar-refractivity contribution < 1.29 is 14.6 Å². The van der Waals surface area contributed by atoms with Crippen LogP contribution in [0, 0.1) is 0 Å². The Labute approximate surface area is 151 Å². The van der Waals surface area contributed by atoms with E-state index in [1.807, 2.05) is 36.4 Å². The Kier molecular flexibility index (Phi) is 4.90. The van der Waals surface area contributed by atoms with E-state index < -0.39 is 20.0 Å². The number of aliphatic hydroxyl groups is 2. The summed E-state index contributed by atoms with van der Waals surface area (Å²) in [6, 6.07) is 20.7. The van der Waals surface area contributed by atoms with Gasteiger partial charge >= 0.3 is 0 Å². The van der Waals surface area contributed by atoms with Crippen LogP contribution >= 0.6 is 0 Å². The summed E-state index contributed by atoms with van der Waals surface area (Å²) in [4.78, 5) is 0. The Bertz CT molecular complexity index is 651. The predicted molar refractivity (Wildman–Crippen MR) is 104 cm³/mol. The summed E-state index contributed by atoms with van der Waals surface area (Å²) < 4.78 is 6.62. The van der Waals surface area contributed by atoms with Gasteiger partial charge in [-0.3, -0.25) is 0 Å². The van der Waals surface area contributed by atoms with Gasteiger partial charge in [0.1, 0.15) is 6.10 Å². The van der Waals surface area contributed by atoms with Crippen molar-refractivity contribution in [3.05, 3.63) is 60.7 Å². The molecule has 0 spiro atoms. The molecule has 0 unspecified atom stereocenters. The number of rotatable bonds is 6. The summed E-state index contributed by atoms with van der Waals surface area (Å²) in [6.45, 7) is 6.77. The molecule has 0 saturated heterocycles. The Morgan fingerprint density at radius 3 is 1.76 bits per heavy atom. The standard InChI is InChI=1S/C21H28O3Si/c1-20(2,3)25(17-10-6-4-7-11-17,18-12-8-5-9-13-18)24-16-19(22)21(23)14-15-21/h4-13,19,22-23H,14-16H2,1-3H3/t19-/m1/s1. The highest BCUT2D eigenvalue weighted by molar-refractivity contribution is 6.99. The number of aliphatic hydroxyl groups excluding tert-OH is 1. The molecule has 1 fully saturated rings. The largest absolute Gasteiger partial charge is 0.405 e. The molecule has 1 aliphatic rings. The Hall–Kier alpha value is -1.46. The minimum atomic E-state index is -2.63. The van der Waals surface area contributed by atoms with Crippen LogP contribution in [-0.2, 0) is 4.43 Å². The molecule has 2 N–H and O–H groups in total. The predicted octanol–water partition coefficient (Wildman–Crippen LogP) is 2.45. The smallest absolute Gasteiger partial charge is 0.261 e. The molecule has 3 rings (SSSR count). The van der Waals surface area contributed by atoms with Crippen LogP contribution in [0.25, 0.3) is 0 Å². The van der Waals surface area contributed by atoms with Crippen LogP contribution in [0.5, 0.6) is 0 Å². The maximum Gasteiger partial charge on any atom is 0.261 e. The molecule has 1 saturated carbocycles. The fraction of sp³-hybridized carbons (Fsp3) is 0.429. The second-order valence-corrected chi connectivity index (χ2v) is 12.4. The second-order valence-electron chi connectivity index (χ2n) is 8.09. The third kappa shape index (κ3) is 3.44. The van der Waals surface area contributed by atoms with Crippen molar-refractivity contribution in [1.82, 2.24) is 0 Å². The molecule has 0 bridgehead atoms. The molecule has 4 heteroatoms. The van der Waals surface area contributed by atoms with Crippen LogP contribution in [0.15, 0.2) is 60.7 Å². The molecule has 1 atom stereocenters. The fourth-order valence-corrected chi connectivity index (χ4v) is 8.15. The highest BCUT2D eigenvalue weighted by Gasteiger charge is 2.53. The van der Waals surface area contributed by atoms with Gasteiger partial charge in [0, 0.05) is 0 Å². The molecule has 1 aliphatic carbocycles. The van der Waals surface area contributed by atoms with E-state index in [4.69, 9.17) is 4.43 Å². The van der Waals surface area contributed by atoms with Crippen molar-refractivity contribution in [3.63, 3.8) is 0 Å². The second kappa shape index (κ2) is 6.69. The number of benzene rings is 2. The third-order valence-electron chi connectivity index (χ3n) is 5.26. The first-order valence-corrected chi connectivity index (χ1v) is 10.9. The molecule has 3 nitrogen and oxygen atoms in total. The molecule has 0 aliphatic heterocycles. The Morgan fingerprint density at radius 1 is 0.960 bits per heavy atom. The van der Waals surface area contributed by atoms with Crippen molar-refractivity contribution >= 4 is 18.7 Å². The lowest BCUT2D eigenvalue weighted by Crippen LogP contribution is -2.67. The summed E-state index contributed by atoms with van der Waals surface area (Å²) in [5.41, 5.74) is -0.953. The summed E-state index contributed by atoms with van der Waals surface area (Å²) >= 11 is 0. The average molecular weight is 357 g/mol. The van der Waals surface area contributed by atoms with Gasteiger partial charge in [0.25, 0.3) is 8.32 Å². The summed E-state index contributed by atoms with van der Waals surface area (Å²) in [7, 11) is -2.63. The van der Waals surface area contributed by atoms with E-state index in [0.717, 1.165) is 0 Å². The van der Waals surface area contributed by atoms with Gasteiger partial charge in [-0.15, -0.1) is 0 Å². The van der Waals surface area contributed by atoms with Gasteiger partial charge in [-0.05, 0) is 28.3 Å². The first-order valence-electron chi connectivity index (χ1n) is 8.95. The van der Waals surface area contributed by atoms with Crippen LogP contribution in [0.2, 0.25) is 5.04 Å². The minimum Gasteiger partial charge on any atom is -0.405 e. The lowest BCUT2D eigenvalue weighted by molar-refractivity contribution is -0.0269. The lowest BCUT2D eigenvalue weighted by atomic mass is 10.2. The summed E-state index contributed by atoms with van der Waals surface area (Å²) in [5.74, 6) is 0. The maximum absolute atomic E-state index is 10.4. The lowest BCUT2D eigenvalue weighted by Gasteiger charge is -2.43. The zero-order valence-corrected chi connectivity index (χ0v) is 16.3. The van der Waals surface area contributed by atoms with E-state index in [0.29, 0.717) is 12.8 Å². The van der Waals surface area contributed by atoms with Gasteiger partial charge in [-0.2, -0.15) is 0 Å². The summed E-state index contributed by atoms with van der Waals surface area (Å²) in [6.07, 6.45) is 0.463. The van der Waals surface area contributed by atoms with Crippen LogP contribution in [0.4, 0.5) is 0 Å². The van der Waals surface area contributed by atoms with E-state index in [1.165, 1.54) is 10.4 Å². The number of hydrogen-bond acceptors (Lipinski definition) is 3. The maximum atomic E-state index is 10.4. The zero-order valence-electron chi connectivity index (χ0n) is 15.3. The molecule has 0 aromatic heterocycles. The van der Waals surface area contributed by atoms with Crippen LogP contribution in [0.1, 0.15) is 33.6 Å². The molecule has 0 heterocycles. The quantitative estimate of drug-likeness (QED) is 0.782. The molecule has 2 aromatic rings. The van der Waals surface area contributed by atoms with Crippen molar-refractivity contribution in [1.29, 1.82) is 0 Å². The van der Waals surface area contributed by atoms with Gasteiger partial charge in [-0.1, -0.05) is 81.4 Å². The monoisotopic (exact) mass is 356 g/mol. The average Bonchev–Trinajstić information content (AvgIpc) is 3.35. The first-order chi connectivity index (χ1) is 11.8. The Morgan fingerprint density at radius 2 is 1.40 bits per heavy atom. The highest BCUT2D eigenvalue weighted by atomic mass is 28.4. The van der Waals surface area contributed by atoms with E-state index in [1.54, 1.807) is 0 Å². The van der Waals surface area contributed by atoms with E-state index in [9.17, 15) is 10.2 Å². The van der Waals surface area contributed by atoms with Gasteiger partial charge in [0.05, 0.1) is 12.2 Å². The molecule has 25 heavy (non-hydrogen) atoms. The fourth-order valence-electron chi connectivity index (χ4n) is 3.58. The SMILES string of the molecule is CC(C)(C)[Si](OC[C@@H](O)C1(O)CC1)(c1ccccc1)c1ccccc1. The van der Waals surface area contributed by atoms with E-state index in [-0.39, 0.29) is 11.6 Å². The summed E-state index contributed by atoms with van der Waals surface area (Å²) in [5, 5.41) is 22.9. The van der Waals surface area contributed by atoms with Crippen molar-refractivity contribution in [2.45, 2.75) is 50.4 Å². The van der Waals surface area contributed by atoms with Crippen LogP contribution in [0.3, 0.4) is 0 Å². The van der Waals surface area contributed by atoms with Crippen LogP contribution in [-0.4, -0.2) is 36.8 Å². The van der Waals surface area contributed by atoms with Gasteiger partial charge in [-0.25, -0.2) is 0 Å². The molecule has 2 aromatic carbocycles. The van der Waals surface area contributed by atoms with Crippen molar-refractivity contribution in [3.8, 4) is 0 Å². The van der Waals surface area contributed by atoms with Crippen LogP contribution < -0.4 is 10.4 Å². The zero-order chi connectivity index (χ0) is 18.1. The minimum absolute atomic E-state index is 0.123. The molecule has 0 amide bonds. The normalized spacial score (nSPS) is 18.0. The van der Waals surface area contributed by atoms with E-state index >= 15 is 0 Å². The van der Waals surface area contributed by atoms with Gasteiger partial charge < -0.3 is 14.6 Å². The molecular formula is C21H28O3Si. The highest BCUT2D eigenvalue weighted by Crippen LogP contribution is 2.41. The number of hydrogen-bond donors (Lipinski definition) is 2. The Balaban J connectivity index is 2.05. The molecule has 0 radical (unpaired) electrons. The van der Waals surface area contributed by atoms with Crippen molar-refractivity contribution in [2.75, 3.05) is 6.61 Å². The molecule has 134 valence electrons. The van der Waals surface area contributed by atoms with Gasteiger partial charge in [0.2, 0.25) is 0 Å². The first kappa shape index (κ1) is 18.3. The van der Waals surface area contributed by atoms with E-state index in [2.05, 4.69) is 45.0 Å². The topological polar surface area (TPSA) is 49.7 Å². The van der Waals surface area contributed by atoms with Crippen molar-refractivity contribution in [2.24, 2.45) is 0 Å². The van der Waals surface area contributed by atoms with Gasteiger partial charge in [0.15, 0.2) is 0 Å². The molecular weight excluding hydrogens is 328 g/mol.